The molecule has 3 heteroatoms. The maximum Gasteiger partial charge on any atom is 0.151 e. The van der Waals surface area contributed by atoms with Crippen molar-refractivity contribution >= 4 is 11.5 Å². The zero-order valence-corrected chi connectivity index (χ0v) is 11.0. The van der Waals surface area contributed by atoms with Crippen molar-refractivity contribution in [2.24, 2.45) is 5.92 Å². The minimum atomic E-state index is -0.108. The Labute approximate surface area is 103 Å². The number of Topliss-reactive ketones (excluding diaryl/α,β-unsaturated/α-hetero) is 1. The van der Waals surface area contributed by atoms with Crippen molar-refractivity contribution in [3.63, 3.8) is 0 Å². The van der Waals surface area contributed by atoms with Crippen molar-refractivity contribution in [1.82, 2.24) is 0 Å². The van der Waals surface area contributed by atoms with Gasteiger partial charge < -0.3 is 10.1 Å². The molecule has 3 nitrogen and oxygen atoms in total. The van der Waals surface area contributed by atoms with Crippen LogP contribution in [0.15, 0.2) is 24.3 Å². The third-order valence-corrected chi connectivity index (χ3v) is 2.63. The van der Waals surface area contributed by atoms with E-state index in [1.165, 1.54) is 0 Å². The second kappa shape index (κ2) is 6.28. The number of hydrogen-bond donors (Lipinski definition) is 1. The SMILES string of the molecule is COc1ccc(N[C@@H](CC(C)C)C(C)=O)cc1. The summed E-state index contributed by atoms with van der Waals surface area (Å²) in [7, 11) is 1.64. The number of ether oxygens (including phenoxy) is 1. The Morgan fingerprint density at radius 3 is 2.29 bits per heavy atom. The molecule has 0 fully saturated rings. The number of carbonyl (C=O) groups is 1. The summed E-state index contributed by atoms with van der Waals surface area (Å²) in [6.07, 6.45) is 0.849. The monoisotopic (exact) mass is 235 g/mol. The molecular weight excluding hydrogens is 214 g/mol. The predicted molar refractivity (Wildman–Crippen MR) is 70.5 cm³/mol. The van der Waals surface area contributed by atoms with Crippen LogP contribution in [0.2, 0.25) is 0 Å². The molecule has 1 rings (SSSR count). The summed E-state index contributed by atoms with van der Waals surface area (Å²) in [5, 5.41) is 3.26. The highest BCUT2D eigenvalue weighted by atomic mass is 16.5. The molecule has 0 aliphatic carbocycles. The van der Waals surface area contributed by atoms with Crippen molar-refractivity contribution in [1.29, 1.82) is 0 Å². The van der Waals surface area contributed by atoms with Gasteiger partial charge in [-0.3, -0.25) is 4.79 Å². The third-order valence-electron chi connectivity index (χ3n) is 2.63. The fraction of sp³-hybridized carbons (Fsp3) is 0.500. The van der Waals surface area contributed by atoms with Gasteiger partial charge in [0.05, 0.1) is 13.2 Å². The van der Waals surface area contributed by atoms with Crippen molar-refractivity contribution in [3.05, 3.63) is 24.3 Å². The van der Waals surface area contributed by atoms with Gasteiger partial charge in [0.2, 0.25) is 0 Å². The van der Waals surface area contributed by atoms with Gasteiger partial charge in [0.15, 0.2) is 5.78 Å². The number of nitrogens with one attached hydrogen (secondary N) is 1. The van der Waals surface area contributed by atoms with Gasteiger partial charge in [-0.15, -0.1) is 0 Å². The average Bonchev–Trinajstić information content (AvgIpc) is 2.28. The molecule has 0 heterocycles. The van der Waals surface area contributed by atoms with Crippen molar-refractivity contribution < 1.29 is 9.53 Å². The van der Waals surface area contributed by atoms with Gasteiger partial charge in [-0.1, -0.05) is 13.8 Å². The number of rotatable bonds is 6. The molecule has 94 valence electrons. The van der Waals surface area contributed by atoms with Crippen LogP contribution in [0.3, 0.4) is 0 Å². The maximum absolute atomic E-state index is 11.5. The molecule has 0 spiro atoms. The number of methoxy groups -OCH3 is 1. The lowest BCUT2D eigenvalue weighted by atomic mass is 10.0. The van der Waals surface area contributed by atoms with Crippen LogP contribution in [0.4, 0.5) is 5.69 Å². The summed E-state index contributed by atoms with van der Waals surface area (Å²) in [5.74, 6) is 1.49. The quantitative estimate of drug-likeness (QED) is 0.823. The highest BCUT2D eigenvalue weighted by molar-refractivity contribution is 5.84. The number of anilines is 1. The second-order valence-corrected chi connectivity index (χ2v) is 4.67. The molecule has 0 saturated carbocycles. The molecule has 1 aromatic rings. The minimum Gasteiger partial charge on any atom is -0.497 e. The normalized spacial score (nSPS) is 12.3. The van der Waals surface area contributed by atoms with E-state index in [1.807, 2.05) is 24.3 Å². The van der Waals surface area contributed by atoms with Crippen molar-refractivity contribution in [2.45, 2.75) is 33.2 Å². The first-order valence-electron chi connectivity index (χ1n) is 5.94. The lowest BCUT2D eigenvalue weighted by Crippen LogP contribution is -2.28. The van der Waals surface area contributed by atoms with Gasteiger partial charge in [-0.05, 0) is 43.5 Å². The first kappa shape index (κ1) is 13.6. The third kappa shape index (κ3) is 4.47. The van der Waals surface area contributed by atoms with E-state index < -0.39 is 0 Å². The van der Waals surface area contributed by atoms with Crippen molar-refractivity contribution in [3.8, 4) is 5.75 Å². The van der Waals surface area contributed by atoms with E-state index in [-0.39, 0.29) is 11.8 Å². The highest BCUT2D eigenvalue weighted by Gasteiger charge is 2.15. The minimum absolute atomic E-state index is 0.108. The molecule has 0 saturated heterocycles. The lowest BCUT2D eigenvalue weighted by Gasteiger charge is -2.19. The Hall–Kier alpha value is -1.51. The van der Waals surface area contributed by atoms with E-state index in [1.54, 1.807) is 14.0 Å². The van der Waals surface area contributed by atoms with Gasteiger partial charge >= 0.3 is 0 Å². The molecule has 0 aromatic heterocycles. The van der Waals surface area contributed by atoms with Crippen LogP contribution in [0.25, 0.3) is 0 Å². The molecule has 1 atom stereocenters. The lowest BCUT2D eigenvalue weighted by molar-refractivity contribution is -0.118. The van der Waals surface area contributed by atoms with Crippen LogP contribution in [0.1, 0.15) is 27.2 Å². The van der Waals surface area contributed by atoms with E-state index in [4.69, 9.17) is 4.74 Å². The largest absolute Gasteiger partial charge is 0.497 e. The fourth-order valence-electron chi connectivity index (χ4n) is 1.69. The van der Waals surface area contributed by atoms with Gasteiger partial charge in [-0.25, -0.2) is 0 Å². The van der Waals surface area contributed by atoms with E-state index in [2.05, 4.69) is 19.2 Å². The second-order valence-electron chi connectivity index (χ2n) is 4.67. The average molecular weight is 235 g/mol. The van der Waals surface area contributed by atoms with E-state index in [0.29, 0.717) is 5.92 Å². The van der Waals surface area contributed by atoms with E-state index in [9.17, 15) is 4.79 Å². The van der Waals surface area contributed by atoms with Gasteiger partial charge in [0.1, 0.15) is 5.75 Å². The molecule has 1 N–H and O–H groups in total. The summed E-state index contributed by atoms with van der Waals surface area (Å²) in [4.78, 5) is 11.5. The number of hydrogen-bond acceptors (Lipinski definition) is 3. The fourth-order valence-corrected chi connectivity index (χ4v) is 1.69. The highest BCUT2D eigenvalue weighted by Crippen LogP contribution is 2.18. The Morgan fingerprint density at radius 1 is 1.29 bits per heavy atom. The summed E-state index contributed by atoms with van der Waals surface area (Å²) in [6.45, 7) is 5.86. The smallest absolute Gasteiger partial charge is 0.151 e. The summed E-state index contributed by atoms with van der Waals surface area (Å²) in [6, 6.07) is 7.51. The molecule has 0 aliphatic rings. The maximum atomic E-state index is 11.5. The van der Waals surface area contributed by atoms with Crippen LogP contribution in [-0.4, -0.2) is 18.9 Å². The molecule has 0 bridgehead atoms. The Morgan fingerprint density at radius 2 is 1.88 bits per heavy atom. The Bertz CT molecular complexity index is 357. The van der Waals surface area contributed by atoms with Crippen molar-refractivity contribution in [2.75, 3.05) is 12.4 Å². The standard InChI is InChI=1S/C14H21NO2/c1-10(2)9-14(11(3)16)15-12-5-7-13(17-4)8-6-12/h5-8,10,14-15H,9H2,1-4H3/t14-/m0/s1. The zero-order valence-electron chi connectivity index (χ0n) is 11.0. The van der Waals surface area contributed by atoms with Crippen LogP contribution >= 0.6 is 0 Å². The summed E-state index contributed by atoms with van der Waals surface area (Å²) < 4.78 is 5.09. The van der Waals surface area contributed by atoms with Gasteiger partial charge in [-0.2, -0.15) is 0 Å². The summed E-state index contributed by atoms with van der Waals surface area (Å²) >= 11 is 0. The number of carbonyl (C=O) groups excluding carboxylic acids is 1. The first-order chi connectivity index (χ1) is 8.02. The van der Waals surface area contributed by atoms with Gasteiger partial charge in [0, 0.05) is 5.69 Å². The topological polar surface area (TPSA) is 38.3 Å². The number of benzene rings is 1. The Kier molecular flexibility index (Phi) is 5.01. The molecule has 0 aliphatic heterocycles. The molecule has 0 amide bonds. The van der Waals surface area contributed by atoms with Crippen LogP contribution in [0, 0.1) is 5.92 Å². The summed E-state index contributed by atoms with van der Waals surface area (Å²) in [5.41, 5.74) is 0.951. The van der Waals surface area contributed by atoms with E-state index in [0.717, 1.165) is 17.9 Å². The van der Waals surface area contributed by atoms with E-state index >= 15 is 0 Å². The molecule has 1 aromatic carbocycles. The Balaban J connectivity index is 2.68. The molecule has 0 radical (unpaired) electrons. The molecular formula is C14H21NO2. The number of ketones is 1. The van der Waals surface area contributed by atoms with Crippen LogP contribution in [0.5, 0.6) is 5.75 Å². The first-order valence-corrected chi connectivity index (χ1v) is 5.94. The molecule has 17 heavy (non-hydrogen) atoms. The van der Waals surface area contributed by atoms with Crippen LogP contribution in [-0.2, 0) is 4.79 Å². The van der Waals surface area contributed by atoms with Crippen LogP contribution < -0.4 is 10.1 Å². The van der Waals surface area contributed by atoms with Gasteiger partial charge in [0.25, 0.3) is 0 Å². The molecule has 0 unspecified atom stereocenters. The predicted octanol–water partition coefficient (Wildman–Crippen LogP) is 3.11. The zero-order chi connectivity index (χ0) is 12.8.